The summed E-state index contributed by atoms with van der Waals surface area (Å²) in [6.07, 6.45) is 1.10. The lowest BCUT2D eigenvalue weighted by Gasteiger charge is -2.37. The molecule has 1 aromatic carbocycles. The number of guanidine groups is 1. The second-order valence-corrected chi connectivity index (χ2v) is 8.39. The normalized spacial score (nSPS) is 25.8. The van der Waals surface area contributed by atoms with Crippen LogP contribution in [-0.4, -0.2) is 98.7 Å². The van der Waals surface area contributed by atoms with E-state index in [1.54, 1.807) is 0 Å². The maximum Gasteiger partial charge on any atom is 0.236 e. The van der Waals surface area contributed by atoms with Gasteiger partial charge in [-0.3, -0.25) is 14.7 Å². The number of nitrogens with zero attached hydrogens (tertiary/aromatic N) is 4. The molecule has 2 saturated heterocycles. The molecule has 1 N–H and O–H groups in total. The molecule has 2 heterocycles. The van der Waals surface area contributed by atoms with Crippen LogP contribution in [0.5, 0.6) is 0 Å². The molecule has 2 aliphatic heterocycles. The Bertz CT molecular complexity index is 744. The third-order valence-electron chi connectivity index (χ3n) is 5.99. The molecule has 158 valence electrons. The Balaban J connectivity index is 1.23. The van der Waals surface area contributed by atoms with Gasteiger partial charge < -0.3 is 19.9 Å². The molecule has 1 aromatic rings. The van der Waals surface area contributed by atoms with Crippen molar-refractivity contribution >= 4 is 23.5 Å². The SMILES string of the molecule is CN=C(NC1CC1c1cccc(Cl)c1)N1CCN(CC(=O)N2CCOCC2)CC1. The van der Waals surface area contributed by atoms with Crippen LogP contribution in [0.4, 0.5) is 0 Å². The monoisotopic (exact) mass is 419 g/mol. The third-order valence-corrected chi connectivity index (χ3v) is 6.22. The van der Waals surface area contributed by atoms with Crippen molar-refractivity contribution in [2.45, 2.75) is 18.4 Å². The van der Waals surface area contributed by atoms with Crippen LogP contribution < -0.4 is 5.32 Å². The Morgan fingerprint density at radius 1 is 1.17 bits per heavy atom. The number of aliphatic imine (C=N–C) groups is 1. The summed E-state index contributed by atoms with van der Waals surface area (Å²) in [5.74, 6) is 1.67. The Kier molecular flexibility index (Phi) is 6.57. The van der Waals surface area contributed by atoms with Crippen LogP contribution in [0.15, 0.2) is 29.3 Å². The topological polar surface area (TPSA) is 60.4 Å². The molecule has 0 bridgehead atoms. The molecule has 1 saturated carbocycles. The van der Waals surface area contributed by atoms with Crippen LogP contribution >= 0.6 is 11.6 Å². The van der Waals surface area contributed by atoms with Crippen molar-refractivity contribution in [3.63, 3.8) is 0 Å². The van der Waals surface area contributed by atoms with Gasteiger partial charge in [0, 0.05) is 63.3 Å². The van der Waals surface area contributed by atoms with Crippen molar-refractivity contribution in [2.24, 2.45) is 4.99 Å². The third kappa shape index (κ3) is 5.21. The van der Waals surface area contributed by atoms with E-state index in [2.05, 4.69) is 32.2 Å². The summed E-state index contributed by atoms with van der Waals surface area (Å²) in [4.78, 5) is 23.4. The Morgan fingerprint density at radius 3 is 2.62 bits per heavy atom. The lowest BCUT2D eigenvalue weighted by Crippen LogP contribution is -2.55. The highest BCUT2D eigenvalue weighted by atomic mass is 35.5. The molecular weight excluding hydrogens is 390 g/mol. The lowest BCUT2D eigenvalue weighted by molar-refractivity contribution is -0.136. The molecule has 0 radical (unpaired) electrons. The standard InChI is InChI=1S/C21H30ClN5O2/c1-23-21(24-19-14-18(19)16-3-2-4-17(22)13-16)27-7-5-25(6-8-27)15-20(28)26-9-11-29-12-10-26/h2-4,13,18-19H,5-12,14-15H2,1H3,(H,23,24). The first-order chi connectivity index (χ1) is 14.1. The molecular formula is C21H30ClN5O2. The van der Waals surface area contributed by atoms with Gasteiger partial charge >= 0.3 is 0 Å². The van der Waals surface area contributed by atoms with E-state index in [4.69, 9.17) is 16.3 Å². The molecule has 0 spiro atoms. The van der Waals surface area contributed by atoms with E-state index >= 15 is 0 Å². The highest BCUT2D eigenvalue weighted by molar-refractivity contribution is 6.30. The summed E-state index contributed by atoms with van der Waals surface area (Å²) >= 11 is 6.13. The van der Waals surface area contributed by atoms with Crippen molar-refractivity contribution < 1.29 is 9.53 Å². The minimum Gasteiger partial charge on any atom is -0.378 e. The number of ether oxygens (including phenoxy) is 1. The van der Waals surface area contributed by atoms with Crippen LogP contribution in [0, 0.1) is 0 Å². The lowest BCUT2D eigenvalue weighted by atomic mass is 10.1. The summed E-state index contributed by atoms with van der Waals surface area (Å²) in [6.45, 7) is 6.74. The van der Waals surface area contributed by atoms with E-state index in [1.807, 2.05) is 24.1 Å². The number of piperazine rings is 1. The number of carbonyl (C=O) groups is 1. The van der Waals surface area contributed by atoms with Crippen LogP contribution in [0.2, 0.25) is 5.02 Å². The Labute approximate surface area is 177 Å². The number of morpholine rings is 1. The zero-order chi connectivity index (χ0) is 20.2. The van der Waals surface area contributed by atoms with E-state index in [-0.39, 0.29) is 5.91 Å². The number of hydrogen-bond donors (Lipinski definition) is 1. The maximum atomic E-state index is 12.5. The highest BCUT2D eigenvalue weighted by Gasteiger charge is 2.40. The molecule has 0 aromatic heterocycles. The maximum absolute atomic E-state index is 12.5. The van der Waals surface area contributed by atoms with Crippen LogP contribution in [-0.2, 0) is 9.53 Å². The molecule has 1 amide bonds. The van der Waals surface area contributed by atoms with Crippen LogP contribution in [0.25, 0.3) is 0 Å². The largest absolute Gasteiger partial charge is 0.378 e. The van der Waals surface area contributed by atoms with E-state index in [9.17, 15) is 4.79 Å². The van der Waals surface area contributed by atoms with Crippen molar-refractivity contribution in [1.82, 2.24) is 20.0 Å². The quantitative estimate of drug-likeness (QED) is 0.588. The van der Waals surface area contributed by atoms with Crippen molar-refractivity contribution in [3.8, 4) is 0 Å². The predicted octanol–water partition coefficient (Wildman–Crippen LogP) is 1.25. The van der Waals surface area contributed by atoms with Gasteiger partial charge in [0.25, 0.3) is 0 Å². The van der Waals surface area contributed by atoms with Crippen LogP contribution in [0.1, 0.15) is 17.9 Å². The van der Waals surface area contributed by atoms with Gasteiger partial charge in [-0.2, -0.15) is 0 Å². The van der Waals surface area contributed by atoms with Gasteiger partial charge in [0.1, 0.15) is 0 Å². The summed E-state index contributed by atoms with van der Waals surface area (Å²) in [5.41, 5.74) is 1.29. The summed E-state index contributed by atoms with van der Waals surface area (Å²) in [7, 11) is 1.84. The molecule has 3 aliphatic rings. The fourth-order valence-corrected chi connectivity index (χ4v) is 4.34. The number of amides is 1. The first-order valence-corrected chi connectivity index (χ1v) is 10.8. The molecule has 8 heteroatoms. The van der Waals surface area contributed by atoms with Gasteiger partial charge in [0.05, 0.1) is 19.8 Å². The highest BCUT2D eigenvalue weighted by Crippen LogP contribution is 2.41. The Morgan fingerprint density at radius 2 is 1.93 bits per heavy atom. The van der Waals surface area contributed by atoms with Gasteiger partial charge in [0.15, 0.2) is 5.96 Å². The fourth-order valence-electron chi connectivity index (χ4n) is 4.15. The number of nitrogens with one attached hydrogen (secondary N) is 1. The minimum absolute atomic E-state index is 0.214. The first kappa shape index (κ1) is 20.4. The summed E-state index contributed by atoms with van der Waals surface area (Å²) in [6, 6.07) is 8.54. The number of carbonyl (C=O) groups excluding carboxylic acids is 1. The molecule has 1 aliphatic carbocycles. The smallest absolute Gasteiger partial charge is 0.236 e. The second-order valence-electron chi connectivity index (χ2n) is 7.95. The van der Waals surface area contributed by atoms with Crippen molar-refractivity contribution in [3.05, 3.63) is 34.9 Å². The average molecular weight is 420 g/mol. The van der Waals surface area contributed by atoms with Crippen LogP contribution in [0.3, 0.4) is 0 Å². The zero-order valence-electron chi connectivity index (χ0n) is 17.0. The Hall–Kier alpha value is -1.83. The number of rotatable bonds is 4. The molecule has 3 fully saturated rings. The zero-order valence-corrected chi connectivity index (χ0v) is 17.8. The molecule has 2 atom stereocenters. The first-order valence-electron chi connectivity index (χ1n) is 10.5. The van der Waals surface area contributed by atoms with Gasteiger partial charge in [-0.05, 0) is 24.1 Å². The second kappa shape index (κ2) is 9.32. The van der Waals surface area contributed by atoms with Crippen molar-refractivity contribution in [1.29, 1.82) is 0 Å². The molecule has 4 rings (SSSR count). The molecule has 29 heavy (non-hydrogen) atoms. The van der Waals surface area contributed by atoms with Gasteiger partial charge in [-0.25, -0.2) is 0 Å². The van der Waals surface area contributed by atoms with Gasteiger partial charge in [0.2, 0.25) is 5.91 Å². The molecule has 7 nitrogen and oxygen atoms in total. The summed E-state index contributed by atoms with van der Waals surface area (Å²) < 4.78 is 5.33. The fraction of sp³-hybridized carbons (Fsp3) is 0.619. The van der Waals surface area contributed by atoms with E-state index in [0.29, 0.717) is 44.8 Å². The number of halogens is 1. The summed E-state index contributed by atoms with van der Waals surface area (Å²) in [5, 5.41) is 4.40. The van der Waals surface area contributed by atoms with E-state index < -0.39 is 0 Å². The van der Waals surface area contributed by atoms with Crippen molar-refractivity contribution in [2.75, 3.05) is 66.1 Å². The van der Waals surface area contributed by atoms with E-state index in [1.165, 1.54) is 5.56 Å². The van der Waals surface area contributed by atoms with Gasteiger partial charge in [-0.1, -0.05) is 23.7 Å². The van der Waals surface area contributed by atoms with Gasteiger partial charge in [-0.15, -0.1) is 0 Å². The average Bonchev–Trinajstić information content (AvgIpc) is 3.53. The minimum atomic E-state index is 0.214. The number of hydrogen-bond acceptors (Lipinski definition) is 4. The van der Waals surface area contributed by atoms with E-state index in [0.717, 1.165) is 43.6 Å². The number of benzene rings is 1. The predicted molar refractivity (Wildman–Crippen MR) is 115 cm³/mol. The molecule has 2 unspecified atom stereocenters.